The zero-order valence-electron chi connectivity index (χ0n) is 13.7. The smallest absolute Gasteiger partial charge is 0.340 e. The molecule has 0 amide bonds. The molecular formula is C20H15F2NO3. The van der Waals surface area contributed by atoms with Crippen LogP contribution in [0.5, 0.6) is 5.75 Å². The van der Waals surface area contributed by atoms with Gasteiger partial charge in [0.2, 0.25) is 0 Å². The fourth-order valence-corrected chi connectivity index (χ4v) is 3.08. The van der Waals surface area contributed by atoms with Crippen molar-refractivity contribution < 1.29 is 23.0 Å². The van der Waals surface area contributed by atoms with Gasteiger partial charge in [0.1, 0.15) is 30.1 Å². The van der Waals surface area contributed by atoms with Crippen LogP contribution in [0.4, 0.5) is 8.78 Å². The van der Waals surface area contributed by atoms with Crippen molar-refractivity contribution in [2.24, 2.45) is 0 Å². The molecule has 0 bridgehead atoms. The summed E-state index contributed by atoms with van der Waals surface area (Å²) in [6, 6.07) is 8.53. The van der Waals surface area contributed by atoms with Crippen molar-refractivity contribution in [3.05, 3.63) is 71.6 Å². The lowest BCUT2D eigenvalue weighted by Crippen LogP contribution is -2.29. The van der Waals surface area contributed by atoms with Gasteiger partial charge in [0.15, 0.2) is 0 Å². The number of esters is 1. The molecule has 26 heavy (non-hydrogen) atoms. The van der Waals surface area contributed by atoms with E-state index >= 15 is 0 Å². The van der Waals surface area contributed by atoms with Gasteiger partial charge in [-0.2, -0.15) is 0 Å². The Morgan fingerprint density at radius 1 is 1.15 bits per heavy atom. The van der Waals surface area contributed by atoms with E-state index in [1.54, 1.807) is 18.3 Å². The van der Waals surface area contributed by atoms with E-state index in [9.17, 15) is 13.6 Å². The average Bonchev–Trinajstić information content (AvgIpc) is 2.65. The first-order chi connectivity index (χ1) is 12.6. The van der Waals surface area contributed by atoms with Gasteiger partial charge < -0.3 is 9.47 Å². The first-order valence-electron chi connectivity index (χ1n) is 8.25. The van der Waals surface area contributed by atoms with Gasteiger partial charge in [-0.15, -0.1) is 0 Å². The molecule has 1 aliphatic rings. The lowest BCUT2D eigenvalue weighted by molar-refractivity contribution is 0.0274. The molecule has 1 aliphatic heterocycles. The summed E-state index contributed by atoms with van der Waals surface area (Å²) in [7, 11) is 0. The number of ether oxygens (including phenoxy) is 2. The van der Waals surface area contributed by atoms with Crippen LogP contribution >= 0.6 is 0 Å². The molecule has 2 aromatic carbocycles. The van der Waals surface area contributed by atoms with Crippen LogP contribution in [0.1, 0.15) is 22.3 Å². The second kappa shape index (κ2) is 6.71. The maximum atomic E-state index is 13.5. The number of pyridine rings is 1. The van der Waals surface area contributed by atoms with Crippen molar-refractivity contribution in [3.63, 3.8) is 0 Å². The Bertz CT molecular complexity index is 990. The molecule has 0 spiro atoms. The first kappa shape index (κ1) is 16.4. The zero-order chi connectivity index (χ0) is 18.1. The summed E-state index contributed by atoms with van der Waals surface area (Å²) in [5.74, 6) is -0.708. The largest absolute Gasteiger partial charge is 0.487 e. The number of carbonyl (C=O) groups is 1. The third-order valence-corrected chi connectivity index (χ3v) is 4.39. The summed E-state index contributed by atoms with van der Waals surface area (Å²) in [6.07, 6.45) is 3.88. The van der Waals surface area contributed by atoms with Gasteiger partial charge in [-0.05, 0) is 54.8 Å². The molecule has 1 atom stereocenters. The number of aromatic nitrogens is 1. The molecule has 1 unspecified atom stereocenters. The second-order valence-corrected chi connectivity index (χ2v) is 6.18. The highest BCUT2D eigenvalue weighted by Crippen LogP contribution is 2.28. The Hall–Kier alpha value is -3.02. The third kappa shape index (κ3) is 3.22. The molecule has 0 fully saturated rings. The Morgan fingerprint density at radius 3 is 2.85 bits per heavy atom. The third-order valence-electron chi connectivity index (χ3n) is 4.39. The van der Waals surface area contributed by atoms with Crippen molar-refractivity contribution >= 4 is 16.7 Å². The van der Waals surface area contributed by atoms with Crippen LogP contribution in [0.25, 0.3) is 10.8 Å². The number of benzene rings is 2. The van der Waals surface area contributed by atoms with Gasteiger partial charge in [0, 0.05) is 23.2 Å². The van der Waals surface area contributed by atoms with E-state index in [0.29, 0.717) is 29.4 Å². The molecule has 6 heteroatoms. The van der Waals surface area contributed by atoms with Crippen LogP contribution in [0.3, 0.4) is 0 Å². The molecule has 132 valence electrons. The highest BCUT2D eigenvalue weighted by Gasteiger charge is 2.22. The molecule has 1 aromatic heterocycles. The van der Waals surface area contributed by atoms with E-state index in [1.165, 1.54) is 30.5 Å². The molecule has 0 aliphatic carbocycles. The predicted octanol–water partition coefficient (Wildman–Crippen LogP) is 4.06. The van der Waals surface area contributed by atoms with Crippen LogP contribution in [0.15, 0.2) is 48.8 Å². The van der Waals surface area contributed by atoms with Crippen molar-refractivity contribution in [2.45, 2.75) is 18.9 Å². The zero-order valence-corrected chi connectivity index (χ0v) is 13.7. The minimum atomic E-state index is -0.581. The highest BCUT2D eigenvalue weighted by molar-refractivity contribution is 6.03. The topological polar surface area (TPSA) is 48.4 Å². The van der Waals surface area contributed by atoms with E-state index < -0.39 is 11.8 Å². The van der Waals surface area contributed by atoms with E-state index in [0.717, 1.165) is 5.56 Å². The van der Waals surface area contributed by atoms with Crippen molar-refractivity contribution in [2.75, 3.05) is 6.61 Å². The lowest BCUT2D eigenvalue weighted by Gasteiger charge is -2.25. The summed E-state index contributed by atoms with van der Waals surface area (Å²) in [4.78, 5) is 16.4. The fourth-order valence-electron chi connectivity index (χ4n) is 3.08. The highest BCUT2D eigenvalue weighted by atomic mass is 19.1. The standard InChI is InChI=1S/C20H15F2NO3/c21-14-4-6-19-12(7-14)2-5-16(26-19)11-25-20(24)18-10-23-9-13-1-3-15(22)8-17(13)18/h1,3-4,6-10,16H,2,5,11H2. The van der Waals surface area contributed by atoms with E-state index in [1.807, 2.05) is 0 Å². The Labute approximate surface area is 148 Å². The summed E-state index contributed by atoms with van der Waals surface area (Å²) in [5, 5.41) is 1.11. The van der Waals surface area contributed by atoms with Gasteiger partial charge >= 0.3 is 5.97 Å². The number of carbonyl (C=O) groups excluding carboxylic acids is 1. The summed E-state index contributed by atoms with van der Waals surface area (Å²) in [5.41, 5.74) is 1.02. The maximum Gasteiger partial charge on any atom is 0.340 e. The molecule has 0 radical (unpaired) electrons. The normalized spacial score (nSPS) is 16.0. The molecule has 0 saturated carbocycles. The number of aryl methyl sites for hydroxylation is 1. The van der Waals surface area contributed by atoms with Gasteiger partial charge in [-0.3, -0.25) is 4.98 Å². The minimum absolute atomic E-state index is 0.0569. The molecule has 0 saturated heterocycles. The lowest BCUT2D eigenvalue weighted by atomic mass is 10.0. The number of fused-ring (bicyclic) bond motifs is 2. The average molecular weight is 355 g/mol. The number of hydrogen-bond donors (Lipinski definition) is 0. The van der Waals surface area contributed by atoms with Crippen LogP contribution in [0.2, 0.25) is 0 Å². The van der Waals surface area contributed by atoms with Gasteiger partial charge in [0.05, 0.1) is 5.56 Å². The summed E-state index contributed by atoms with van der Waals surface area (Å²) < 4.78 is 37.9. The van der Waals surface area contributed by atoms with Crippen LogP contribution < -0.4 is 4.74 Å². The maximum absolute atomic E-state index is 13.5. The number of halogens is 2. The number of nitrogens with zero attached hydrogens (tertiary/aromatic N) is 1. The molecule has 0 N–H and O–H groups in total. The molecule has 4 nitrogen and oxygen atoms in total. The summed E-state index contributed by atoms with van der Waals surface area (Å²) >= 11 is 0. The Morgan fingerprint density at radius 2 is 1.96 bits per heavy atom. The van der Waals surface area contributed by atoms with Gasteiger partial charge in [-0.25, -0.2) is 13.6 Å². The van der Waals surface area contributed by atoms with Crippen molar-refractivity contribution in [1.82, 2.24) is 4.98 Å². The van der Waals surface area contributed by atoms with Gasteiger partial charge in [-0.1, -0.05) is 0 Å². The molecular weight excluding hydrogens is 340 g/mol. The molecule has 4 rings (SSSR count). The van der Waals surface area contributed by atoms with Crippen LogP contribution in [-0.2, 0) is 11.2 Å². The minimum Gasteiger partial charge on any atom is -0.487 e. The monoisotopic (exact) mass is 355 g/mol. The Kier molecular flexibility index (Phi) is 4.24. The predicted molar refractivity (Wildman–Crippen MR) is 91.1 cm³/mol. The van der Waals surface area contributed by atoms with Crippen molar-refractivity contribution in [1.29, 1.82) is 0 Å². The van der Waals surface area contributed by atoms with E-state index in [4.69, 9.17) is 9.47 Å². The molecule has 3 aromatic rings. The summed E-state index contributed by atoms with van der Waals surface area (Å²) in [6.45, 7) is 0.0569. The fraction of sp³-hybridized carbons (Fsp3) is 0.200. The van der Waals surface area contributed by atoms with Crippen molar-refractivity contribution in [3.8, 4) is 5.75 Å². The Balaban J connectivity index is 1.47. The number of rotatable bonds is 3. The number of hydrogen-bond acceptors (Lipinski definition) is 4. The van der Waals surface area contributed by atoms with Crippen LogP contribution in [0, 0.1) is 11.6 Å². The van der Waals surface area contributed by atoms with E-state index in [-0.39, 0.29) is 24.1 Å². The van der Waals surface area contributed by atoms with Gasteiger partial charge in [0.25, 0.3) is 0 Å². The molecule has 2 heterocycles. The first-order valence-corrected chi connectivity index (χ1v) is 8.25. The SMILES string of the molecule is O=C(OCC1CCc2cc(F)ccc2O1)c1cncc2ccc(F)cc12. The quantitative estimate of drug-likeness (QED) is 0.665. The van der Waals surface area contributed by atoms with E-state index in [2.05, 4.69) is 4.98 Å². The second-order valence-electron chi connectivity index (χ2n) is 6.18. The van der Waals surface area contributed by atoms with Crippen LogP contribution in [-0.4, -0.2) is 23.7 Å².